The SMILES string of the molecule is CC(C)[C@H](N)C(=O)OCCC(NC(=O)[C@@H]1SCCN1S(=O)(=O)c1ccc(-c2ccccc2)cc1)c1ccc(F)cc1. The molecule has 8 nitrogen and oxygen atoms in total. The van der Waals surface area contributed by atoms with Crippen molar-refractivity contribution in [2.45, 2.75) is 42.6 Å². The van der Waals surface area contributed by atoms with Crippen LogP contribution in [0.2, 0.25) is 0 Å². The monoisotopic (exact) mass is 599 g/mol. The summed E-state index contributed by atoms with van der Waals surface area (Å²) in [5, 5.41) is 1.90. The molecule has 1 aliphatic heterocycles. The molecular weight excluding hydrogens is 565 g/mol. The van der Waals surface area contributed by atoms with E-state index in [4.69, 9.17) is 10.5 Å². The number of benzene rings is 3. The molecule has 11 heteroatoms. The zero-order chi connectivity index (χ0) is 29.6. The number of carbonyl (C=O) groups is 2. The first kappa shape index (κ1) is 30.7. The van der Waals surface area contributed by atoms with Gasteiger partial charge in [-0.15, -0.1) is 11.8 Å². The van der Waals surface area contributed by atoms with Gasteiger partial charge in [-0.05, 0) is 46.9 Å². The van der Waals surface area contributed by atoms with E-state index in [-0.39, 0.29) is 30.4 Å². The van der Waals surface area contributed by atoms with Crippen LogP contribution in [0.1, 0.15) is 31.9 Å². The van der Waals surface area contributed by atoms with Crippen LogP contribution in [0.25, 0.3) is 11.1 Å². The summed E-state index contributed by atoms with van der Waals surface area (Å²) in [5.74, 6) is -1.14. The number of sulfonamides is 1. The molecule has 41 heavy (non-hydrogen) atoms. The largest absolute Gasteiger partial charge is 0.464 e. The lowest BCUT2D eigenvalue weighted by atomic mass is 10.0. The van der Waals surface area contributed by atoms with Crippen LogP contribution < -0.4 is 11.1 Å². The third kappa shape index (κ3) is 7.53. The summed E-state index contributed by atoms with van der Waals surface area (Å²) in [5.41, 5.74) is 8.30. The Labute approximate surface area is 244 Å². The van der Waals surface area contributed by atoms with Gasteiger partial charge < -0.3 is 15.8 Å². The van der Waals surface area contributed by atoms with Crippen LogP contribution in [0.5, 0.6) is 0 Å². The summed E-state index contributed by atoms with van der Waals surface area (Å²) >= 11 is 1.23. The Morgan fingerprint density at radius 3 is 2.29 bits per heavy atom. The van der Waals surface area contributed by atoms with E-state index in [0.717, 1.165) is 11.1 Å². The molecule has 1 aliphatic rings. The molecular formula is C30H34FN3O5S2. The molecule has 1 fully saturated rings. The molecule has 1 heterocycles. The van der Waals surface area contributed by atoms with Crippen molar-refractivity contribution in [3.05, 3.63) is 90.2 Å². The number of hydrogen-bond donors (Lipinski definition) is 2. The Kier molecular flexibility index (Phi) is 10.2. The molecule has 3 N–H and O–H groups in total. The highest BCUT2D eigenvalue weighted by atomic mass is 32.2. The zero-order valence-electron chi connectivity index (χ0n) is 22.9. The number of nitrogens with one attached hydrogen (secondary N) is 1. The lowest BCUT2D eigenvalue weighted by molar-refractivity contribution is -0.146. The maximum absolute atomic E-state index is 13.6. The van der Waals surface area contributed by atoms with Crippen molar-refractivity contribution in [2.24, 2.45) is 11.7 Å². The van der Waals surface area contributed by atoms with E-state index in [2.05, 4.69) is 5.32 Å². The molecule has 0 saturated carbocycles. The fourth-order valence-corrected chi connectivity index (χ4v) is 7.48. The minimum atomic E-state index is -3.96. The quantitative estimate of drug-likeness (QED) is 0.315. The van der Waals surface area contributed by atoms with Gasteiger partial charge in [0.15, 0.2) is 0 Å². The van der Waals surface area contributed by atoms with Gasteiger partial charge in [0.1, 0.15) is 17.2 Å². The summed E-state index contributed by atoms with van der Waals surface area (Å²) in [6.45, 7) is 3.76. The lowest BCUT2D eigenvalue weighted by Crippen LogP contribution is -2.46. The van der Waals surface area contributed by atoms with Gasteiger partial charge in [0.05, 0.1) is 17.5 Å². The van der Waals surface area contributed by atoms with Gasteiger partial charge in [-0.2, -0.15) is 4.31 Å². The van der Waals surface area contributed by atoms with E-state index in [1.165, 1.54) is 40.3 Å². The van der Waals surface area contributed by atoms with Gasteiger partial charge in [-0.1, -0.05) is 68.4 Å². The first-order valence-corrected chi connectivity index (χ1v) is 15.8. The zero-order valence-corrected chi connectivity index (χ0v) is 24.5. The number of halogens is 1. The fourth-order valence-electron chi connectivity index (χ4n) is 4.40. The molecule has 218 valence electrons. The summed E-state index contributed by atoms with van der Waals surface area (Å²) < 4.78 is 47.3. The second kappa shape index (κ2) is 13.6. The number of amides is 1. The standard InChI is InChI=1S/C30H34FN3O5S2/c1-20(2)27(32)30(36)39-18-16-26(23-8-12-24(31)13-9-23)33-28(35)29-34(17-19-40-29)41(37,38)25-14-10-22(11-15-25)21-6-4-3-5-7-21/h3-15,20,26-27,29H,16-19,32H2,1-2H3,(H,33,35)/t26?,27-,29-/m0/s1. The minimum Gasteiger partial charge on any atom is -0.464 e. The smallest absolute Gasteiger partial charge is 0.323 e. The summed E-state index contributed by atoms with van der Waals surface area (Å²) in [4.78, 5) is 25.8. The molecule has 0 bridgehead atoms. The van der Waals surface area contributed by atoms with Gasteiger partial charge in [-0.3, -0.25) is 9.59 Å². The van der Waals surface area contributed by atoms with Crippen molar-refractivity contribution in [2.75, 3.05) is 18.9 Å². The first-order chi connectivity index (χ1) is 19.6. The van der Waals surface area contributed by atoms with Crippen LogP contribution in [0, 0.1) is 11.7 Å². The lowest BCUT2D eigenvalue weighted by Gasteiger charge is -2.26. The number of nitrogens with two attached hydrogens (primary N) is 1. The number of ether oxygens (including phenoxy) is 1. The second-order valence-electron chi connectivity index (χ2n) is 10.1. The fraction of sp³-hybridized carbons (Fsp3) is 0.333. The third-order valence-electron chi connectivity index (χ3n) is 6.87. The van der Waals surface area contributed by atoms with Crippen LogP contribution in [0.15, 0.2) is 83.8 Å². The van der Waals surface area contributed by atoms with Gasteiger partial charge in [0.25, 0.3) is 0 Å². The van der Waals surface area contributed by atoms with E-state index in [1.54, 1.807) is 24.3 Å². The minimum absolute atomic E-state index is 0.0326. The van der Waals surface area contributed by atoms with Gasteiger partial charge in [-0.25, -0.2) is 12.8 Å². The number of hydrogen-bond acceptors (Lipinski definition) is 7. The third-order valence-corrected chi connectivity index (χ3v) is 10.1. The van der Waals surface area contributed by atoms with Crippen LogP contribution in [0.4, 0.5) is 4.39 Å². The van der Waals surface area contributed by atoms with E-state index in [1.807, 2.05) is 44.2 Å². The van der Waals surface area contributed by atoms with Crippen molar-refractivity contribution < 1.29 is 27.1 Å². The topological polar surface area (TPSA) is 119 Å². The maximum atomic E-state index is 13.6. The number of thioether (sulfide) groups is 1. The Morgan fingerprint density at radius 2 is 1.66 bits per heavy atom. The van der Waals surface area contributed by atoms with E-state index in [9.17, 15) is 22.4 Å². The first-order valence-electron chi connectivity index (χ1n) is 13.3. The number of rotatable bonds is 11. The second-order valence-corrected chi connectivity index (χ2v) is 13.1. The molecule has 1 saturated heterocycles. The molecule has 3 aromatic rings. The molecule has 3 atom stereocenters. The highest BCUT2D eigenvalue weighted by Crippen LogP contribution is 2.32. The van der Waals surface area contributed by atoms with Crippen molar-refractivity contribution >= 4 is 33.7 Å². The predicted octanol–water partition coefficient (Wildman–Crippen LogP) is 4.33. The van der Waals surface area contributed by atoms with E-state index < -0.39 is 45.2 Å². The molecule has 0 aliphatic carbocycles. The average molecular weight is 600 g/mol. The number of esters is 1. The molecule has 3 aromatic carbocycles. The Hall–Kier alpha value is -3.25. The highest BCUT2D eigenvalue weighted by Gasteiger charge is 2.40. The van der Waals surface area contributed by atoms with Gasteiger partial charge in [0.2, 0.25) is 15.9 Å². The van der Waals surface area contributed by atoms with Gasteiger partial charge >= 0.3 is 5.97 Å². The van der Waals surface area contributed by atoms with Crippen molar-refractivity contribution in [1.82, 2.24) is 9.62 Å². The van der Waals surface area contributed by atoms with Crippen molar-refractivity contribution in [3.63, 3.8) is 0 Å². The molecule has 0 aromatic heterocycles. The van der Waals surface area contributed by atoms with Crippen molar-refractivity contribution in [3.8, 4) is 11.1 Å². The normalized spacial score (nSPS) is 17.2. The number of nitrogens with zero attached hydrogens (tertiary/aromatic N) is 1. The van der Waals surface area contributed by atoms with Crippen LogP contribution in [0.3, 0.4) is 0 Å². The number of carbonyl (C=O) groups excluding carboxylic acids is 2. The predicted molar refractivity (Wildman–Crippen MR) is 158 cm³/mol. The van der Waals surface area contributed by atoms with E-state index >= 15 is 0 Å². The van der Waals surface area contributed by atoms with Crippen LogP contribution in [-0.2, 0) is 24.3 Å². The molecule has 1 unspecified atom stereocenters. The summed E-state index contributed by atoms with van der Waals surface area (Å²) in [6.07, 6.45) is 0.193. The van der Waals surface area contributed by atoms with Crippen LogP contribution in [-0.4, -0.2) is 54.9 Å². The van der Waals surface area contributed by atoms with E-state index in [0.29, 0.717) is 11.3 Å². The Bertz CT molecular complexity index is 1440. The summed E-state index contributed by atoms with van der Waals surface area (Å²) in [6, 6.07) is 20.4. The maximum Gasteiger partial charge on any atom is 0.323 e. The average Bonchev–Trinajstić information content (AvgIpc) is 3.48. The Balaban J connectivity index is 1.48. The molecule has 0 spiro atoms. The molecule has 0 radical (unpaired) electrons. The highest BCUT2D eigenvalue weighted by molar-refractivity contribution is 8.02. The summed E-state index contributed by atoms with van der Waals surface area (Å²) in [7, 11) is -3.96. The van der Waals surface area contributed by atoms with Crippen molar-refractivity contribution in [1.29, 1.82) is 0 Å². The van der Waals surface area contributed by atoms with Crippen LogP contribution >= 0.6 is 11.8 Å². The Morgan fingerprint density at radius 1 is 1.02 bits per heavy atom. The van der Waals surface area contributed by atoms with Gasteiger partial charge in [0, 0.05) is 18.7 Å². The molecule has 4 rings (SSSR count). The molecule has 1 amide bonds.